The van der Waals surface area contributed by atoms with E-state index in [1.807, 2.05) is 13.0 Å². The van der Waals surface area contributed by atoms with E-state index in [9.17, 15) is 9.90 Å². The Morgan fingerprint density at radius 3 is 2.50 bits per heavy atom. The van der Waals surface area contributed by atoms with Gasteiger partial charge in [0.15, 0.2) is 8.32 Å². The van der Waals surface area contributed by atoms with Gasteiger partial charge in [0, 0.05) is 18.2 Å². The van der Waals surface area contributed by atoms with Crippen LogP contribution in [0.25, 0.3) is 0 Å². The van der Waals surface area contributed by atoms with Gasteiger partial charge < -0.3 is 9.53 Å². The second-order valence-electron chi connectivity index (χ2n) is 9.42. The summed E-state index contributed by atoms with van der Waals surface area (Å²) < 4.78 is 8.08. The molecule has 0 spiro atoms. The Balaban J connectivity index is 2.83. The predicted molar refractivity (Wildman–Crippen MR) is 131 cm³/mol. The van der Waals surface area contributed by atoms with Crippen LogP contribution >= 0.6 is 39.9 Å². The first kappa shape index (κ1) is 26.3. The zero-order valence-corrected chi connectivity index (χ0v) is 22.6. The molecule has 28 heavy (non-hydrogen) atoms. The van der Waals surface area contributed by atoms with Crippen LogP contribution < -0.4 is 0 Å². The number of aliphatic hydroxyl groups is 1. The van der Waals surface area contributed by atoms with E-state index in [1.54, 1.807) is 16.7 Å². The number of aliphatic hydroxyl groups excluding tert-OH is 1. The average Bonchev–Trinajstić information content (AvgIpc) is 2.86. The normalized spacial score (nSPS) is 21.4. The Kier molecular flexibility index (Phi) is 9.89. The Morgan fingerprint density at radius 2 is 2.04 bits per heavy atom. The SMILES string of the molecule is C/C(Br)=C\[C@H](C[C@H](O)CC(=O)N1C(=S)SC[C@H]1C(C)C)O[Si](C)(C)C(C)(C)C. The van der Waals surface area contributed by atoms with Crippen LogP contribution in [0.2, 0.25) is 18.1 Å². The molecule has 0 saturated carbocycles. The number of nitrogens with zero attached hydrogens (tertiary/aromatic N) is 1. The largest absolute Gasteiger partial charge is 0.410 e. The average molecular weight is 511 g/mol. The highest BCUT2D eigenvalue weighted by Crippen LogP contribution is 2.38. The lowest BCUT2D eigenvalue weighted by Crippen LogP contribution is -2.45. The smallest absolute Gasteiger partial charge is 0.230 e. The summed E-state index contributed by atoms with van der Waals surface area (Å²) in [4.78, 5) is 14.5. The fourth-order valence-electron chi connectivity index (χ4n) is 2.83. The lowest BCUT2D eigenvalue weighted by Gasteiger charge is -2.39. The number of amides is 1. The van der Waals surface area contributed by atoms with Crippen molar-refractivity contribution in [1.82, 2.24) is 4.90 Å². The number of thiocarbonyl (C=S) groups is 1. The quantitative estimate of drug-likeness (QED) is 0.335. The van der Waals surface area contributed by atoms with Gasteiger partial charge in [-0.3, -0.25) is 9.69 Å². The maximum absolute atomic E-state index is 12.8. The summed E-state index contributed by atoms with van der Waals surface area (Å²) in [6, 6.07) is 0.112. The minimum Gasteiger partial charge on any atom is -0.410 e. The zero-order valence-electron chi connectivity index (χ0n) is 18.4. The van der Waals surface area contributed by atoms with E-state index in [2.05, 4.69) is 63.6 Å². The zero-order chi connectivity index (χ0) is 21.9. The van der Waals surface area contributed by atoms with Crippen LogP contribution in [-0.4, -0.2) is 52.6 Å². The topological polar surface area (TPSA) is 49.8 Å². The van der Waals surface area contributed by atoms with Gasteiger partial charge in [0.2, 0.25) is 5.91 Å². The Bertz CT molecular complexity index is 601. The van der Waals surface area contributed by atoms with Gasteiger partial charge in [0.1, 0.15) is 4.32 Å². The molecule has 1 aliphatic rings. The molecule has 1 aliphatic heterocycles. The summed E-state index contributed by atoms with van der Waals surface area (Å²) >= 11 is 10.4. The molecule has 1 saturated heterocycles. The number of rotatable bonds is 8. The lowest BCUT2D eigenvalue weighted by molar-refractivity contribution is -0.131. The third-order valence-corrected chi connectivity index (χ3v) is 11.8. The summed E-state index contributed by atoms with van der Waals surface area (Å²) in [5, 5.41) is 10.7. The molecular formula is C20H36BrNO3S2Si. The molecular weight excluding hydrogens is 474 g/mol. The van der Waals surface area contributed by atoms with Crippen molar-refractivity contribution < 1.29 is 14.3 Å². The van der Waals surface area contributed by atoms with Gasteiger partial charge >= 0.3 is 0 Å². The van der Waals surface area contributed by atoms with Gasteiger partial charge in [-0.15, -0.1) is 0 Å². The minimum absolute atomic E-state index is 0.0659. The molecule has 0 radical (unpaired) electrons. The van der Waals surface area contributed by atoms with Crippen molar-refractivity contribution in [2.24, 2.45) is 5.92 Å². The highest BCUT2D eigenvalue weighted by atomic mass is 79.9. The maximum Gasteiger partial charge on any atom is 0.230 e. The molecule has 3 atom stereocenters. The van der Waals surface area contributed by atoms with Crippen molar-refractivity contribution in [2.45, 2.75) is 90.8 Å². The summed E-state index contributed by atoms with van der Waals surface area (Å²) in [6.07, 6.45) is 1.44. The van der Waals surface area contributed by atoms with Crippen LogP contribution in [0, 0.1) is 5.92 Å². The molecule has 1 heterocycles. The Morgan fingerprint density at radius 1 is 1.46 bits per heavy atom. The van der Waals surface area contributed by atoms with Crippen molar-refractivity contribution in [3.63, 3.8) is 0 Å². The molecule has 162 valence electrons. The minimum atomic E-state index is -2.00. The molecule has 4 nitrogen and oxygen atoms in total. The van der Waals surface area contributed by atoms with E-state index < -0.39 is 14.4 Å². The Labute approximate surface area is 190 Å². The third-order valence-electron chi connectivity index (χ3n) is 5.53. The molecule has 0 aromatic rings. The van der Waals surface area contributed by atoms with E-state index in [0.29, 0.717) is 16.7 Å². The van der Waals surface area contributed by atoms with Crippen LogP contribution in [0.15, 0.2) is 10.6 Å². The molecule has 8 heteroatoms. The molecule has 0 aromatic carbocycles. The molecule has 1 rings (SSSR count). The van der Waals surface area contributed by atoms with Gasteiger partial charge in [0.25, 0.3) is 0 Å². The van der Waals surface area contributed by atoms with Gasteiger partial charge in [-0.2, -0.15) is 0 Å². The van der Waals surface area contributed by atoms with Gasteiger partial charge in [-0.1, -0.05) is 74.5 Å². The highest BCUT2D eigenvalue weighted by molar-refractivity contribution is 9.11. The highest BCUT2D eigenvalue weighted by Gasteiger charge is 2.40. The summed E-state index contributed by atoms with van der Waals surface area (Å²) in [5.74, 6) is 1.08. The summed E-state index contributed by atoms with van der Waals surface area (Å²) in [6.45, 7) is 17.1. The number of allylic oxidation sites excluding steroid dienone is 1. The van der Waals surface area contributed by atoms with Crippen molar-refractivity contribution in [3.05, 3.63) is 10.6 Å². The van der Waals surface area contributed by atoms with Crippen molar-refractivity contribution in [1.29, 1.82) is 0 Å². The first-order chi connectivity index (χ1) is 12.7. The van der Waals surface area contributed by atoms with Crippen LogP contribution in [-0.2, 0) is 9.22 Å². The van der Waals surface area contributed by atoms with Crippen molar-refractivity contribution in [3.8, 4) is 0 Å². The molecule has 0 aromatic heterocycles. The number of hydrogen-bond donors (Lipinski definition) is 1. The van der Waals surface area contributed by atoms with Gasteiger partial charge in [0.05, 0.1) is 18.6 Å². The second kappa shape index (κ2) is 10.5. The van der Waals surface area contributed by atoms with Crippen molar-refractivity contribution >= 4 is 58.5 Å². The monoisotopic (exact) mass is 509 g/mol. The first-order valence-corrected chi connectivity index (χ1v) is 14.9. The number of hydrogen-bond acceptors (Lipinski definition) is 5. The van der Waals surface area contributed by atoms with E-state index >= 15 is 0 Å². The standard InChI is InChI=1S/C20H36BrNO3S2Si/c1-13(2)17-12-27-19(26)22(17)18(24)11-15(23)10-16(9-14(3)21)25-28(7,8)20(4,5)6/h9,13,15-17,23H,10-12H2,1-8H3/b14-9+/t15-,16+,17-/m0/s1. The van der Waals surface area contributed by atoms with Gasteiger partial charge in [-0.25, -0.2) is 0 Å². The van der Waals surface area contributed by atoms with Crippen molar-refractivity contribution in [2.75, 3.05) is 5.75 Å². The van der Waals surface area contributed by atoms with E-state index in [1.165, 1.54) is 0 Å². The Hall–Kier alpha value is 0.267. The van der Waals surface area contributed by atoms with E-state index in [0.717, 1.165) is 10.2 Å². The first-order valence-electron chi connectivity index (χ1n) is 9.84. The summed E-state index contributed by atoms with van der Waals surface area (Å²) in [5.41, 5.74) is 0. The molecule has 0 unspecified atom stereocenters. The number of halogens is 1. The van der Waals surface area contributed by atoms with Crippen LogP contribution in [0.3, 0.4) is 0 Å². The lowest BCUT2D eigenvalue weighted by atomic mass is 10.0. The molecule has 1 amide bonds. The van der Waals surface area contributed by atoms with E-state index in [-0.39, 0.29) is 29.5 Å². The molecule has 0 bridgehead atoms. The summed E-state index contributed by atoms with van der Waals surface area (Å²) in [7, 11) is -2.00. The third kappa shape index (κ3) is 7.51. The number of carbonyl (C=O) groups excluding carboxylic acids is 1. The predicted octanol–water partition coefficient (Wildman–Crippen LogP) is 5.70. The molecule has 0 aliphatic carbocycles. The maximum atomic E-state index is 12.8. The van der Waals surface area contributed by atoms with Crippen LogP contribution in [0.4, 0.5) is 0 Å². The number of carbonyl (C=O) groups is 1. The molecule has 1 N–H and O–H groups in total. The second-order valence-corrected chi connectivity index (χ2v) is 17.1. The molecule has 1 fully saturated rings. The van der Waals surface area contributed by atoms with Crippen LogP contribution in [0.1, 0.15) is 54.4 Å². The fourth-order valence-corrected chi connectivity index (χ4v) is 6.06. The van der Waals surface area contributed by atoms with Crippen LogP contribution in [0.5, 0.6) is 0 Å². The van der Waals surface area contributed by atoms with E-state index in [4.69, 9.17) is 16.6 Å². The van der Waals surface area contributed by atoms with Gasteiger partial charge in [-0.05, 0) is 41.5 Å². The fraction of sp³-hybridized carbons (Fsp3) is 0.800. The number of thioether (sulfide) groups is 1.